The molecule has 3 rings (SSSR count). The first-order valence-electron chi connectivity index (χ1n) is 10.4. The van der Waals surface area contributed by atoms with Crippen LogP contribution in [-0.4, -0.2) is 39.4 Å². The summed E-state index contributed by atoms with van der Waals surface area (Å²) in [4.78, 5) is 37.3. The van der Waals surface area contributed by atoms with E-state index in [9.17, 15) is 18.8 Å². The van der Waals surface area contributed by atoms with Crippen LogP contribution in [0.1, 0.15) is 18.0 Å². The Balaban J connectivity index is 1.83. The lowest BCUT2D eigenvalue weighted by molar-refractivity contribution is -0.129. The van der Waals surface area contributed by atoms with Gasteiger partial charge in [0.25, 0.3) is 5.91 Å². The van der Waals surface area contributed by atoms with Crippen molar-refractivity contribution in [2.24, 2.45) is 5.92 Å². The molecule has 0 radical (unpaired) electrons. The molecule has 0 spiro atoms. The Morgan fingerprint density at radius 3 is 2.38 bits per heavy atom. The molecule has 3 amide bonds. The molecular formula is C23H28FN3O4Si. The third-order valence-electron chi connectivity index (χ3n) is 5.39. The molecule has 0 bridgehead atoms. The van der Waals surface area contributed by atoms with Gasteiger partial charge >= 0.3 is 0 Å². The number of anilines is 1. The lowest BCUT2D eigenvalue weighted by Crippen LogP contribution is -2.41. The van der Waals surface area contributed by atoms with Crippen molar-refractivity contribution in [3.8, 4) is 5.75 Å². The SMILES string of the molecule is COc1ccc(C(NC(=O)[C@H]2CNC(=O)C2)C(=O)Nc2ccc([Si](C)(C)C)c(F)c2)cc1. The zero-order valence-electron chi connectivity index (χ0n) is 18.6. The number of ether oxygens (including phenoxy) is 1. The van der Waals surface area contributed by atoms with E-state index < -0.39 is 31.8 Å². The number of halogens is 1. The highest BCUT2D eigenvalue weighted by Crippen LogP contribution is 2.22. The molecule has 1 aliphatic heterocycles. The van der Waals surface area contributed by atoms with Crippen molar-refractivity contribution in [2.75, 3.05) is 19.0 Å². The Morgan fingerprint density at radius 1 is 1.16 bits per heavy atom. The van der Waals surface area contributed by atoms with Gasteiger partial charge in [0.1, 0.15) is 17.6 Å². The van der Waals surface area contributed by atoms with E-state index in [1.807, 2.05) is 19.6 Å². The standard InChI is InChI=1S/C23H28FN3O4Si/c1-31-17-8-5-14(6-9-17)21(27-22(29)15-11-20(28)25-13-15)23(30)26-16-7-10-19(18(24)12-16)32(2,3)4/h5-10,12,15,21H,11,13H2,1-4H3,(H,25,28)(H,26,30)(H,27,29)/t15-,21?/m1/s1. The zero-order valence-corrected chi connectivity index (χ0v) is 19.6. The molecule has 2 atom stereocenters. The topological polar surface area (TPSA) is 96.5 Å². The van der Waals surface area contributed by atoms with Gasteiger partial charge in [0, 0.05) is 18.7 Å². The number of nitrogens with one attached hydrogen (secondary N) is 3. The summed E-state index contributed by atoms with van der Waals surface area (Å²) in [6.45, 7) is 6.36. The number of carbonyl (C=O) groups excluding carboxylic acids is 3. The fourth-order valence-electron chi connectivity index (χ4n) is 3.56. The highest BCUT2D eigenvalue weighted by Gasteiger charge is 2.32. The quantitative estimate of drug-likeness (QED) is 0.556. The number of amides is 3. The van der Waals surface area contributed by atoms with E-state index >= 15 is 0 Å². The number of carbonyl (C=O) groups is 3. The number of rotatable bonds is 7. The van der Waals surface area contributed by atoms with Gasteiger partial charge in [-0.15, -0.1) is 0 Å². The molecule has 2 aromatic rings. The average molecular weight is 458 g/mol. The molecule has 32 heavy (non-hydrogen) atoms. The molecule has 3 N–H and O–H groups in total. The molecular weight excluding hydrogens is 429 g/mol. The zero-order chi connectivity index (χ0) is 23.5. The maximum absolute atomic E-state index is 14.6. The Bertz CT molecular complexity index is 1020. The normalized spacial score (nSPS) is 16.8. The minimum Gasteiger partial charge on any atom is -0.497 e. The van der Waals surface area contributed by atoms with Crippen LogP contribution in [0, 0.1) is 11.7 Å². The monoisotopic (exact) mass is 457 g/mol. The minimum absolute atomic E-state index is 0.0755. The number of hydrogen-bond acceptors (Lipinski definition) is 4. The van der Waals surface area contributed by atoms with Crippen molar-refractivity contribution in [1.29, 1.82) is 0 Å². The van der Waals surface area contributed by atoms with Crippen molar-refractivity contribution < 1.29 is 23.5 Å². The molecule has 0 saturated carbocycles. The predicted octanol–water partition coefficient (Wildman–Crippen LogP) is 2.31. The maximum Gasteiger partial charge on any atom is 0.251 e. The van der Waals surface area contributed by atoms with E-state index in [4.69, 9.17) is 4.74 Å². The largest absolute Gasteiger partial charge is 0.497 e. The first-order valence-corrected chi connectivity index (χ1v) is 13.9. The first-order chi connectivity index (χ1) is 15.1. The second-order valence-electron chi connectivity index (χ2n) is 8.85. The van der Waals surface area contributed by atoms with Crippen LogP contribution < -0.4 is 25.9 Å². The summed E-state index contributed by atoms with van der Waals surface area (Å²) >= 11 is 0. The highest BCUT2D eigenvalue weighted by molar-refractivity contribution is 6.88. The molecule has 1 heterocycles. The average Bonchev–Trinajstić information content (AvgIpc) is 3.17. The van der Waals surface area contributed by atoms with Gasteiger partial charge in [-0.2, -0.15) is 0 Å². The Kier molecular flexibility index (Phi) is 6.98. The van der Waals surface area contributed by atoms with E-state index in [1.54, 1.807) is 36.4 Å². The summed E-state index contributed by atoms with van der Waals surface area (Å²) < 4.78 is 19.8. The highest BCUT2D eigenvalue weighted by atomic mass is 28.3. The Morgan fingerprint density at radius 2 is 1.84 bits per heavy atom. The van der Waals surface area contributed by atoms with Crippen molar-refractivity contribution >= 4 is 36.7 Å². The van der Waals surface area contributed by atoms with Crippen LogP contribution >= 0.6 is 0 Å². The van der Waals surface area contributed by atoms with Crippen LogP contribution in [0.5, 0.6) is 5.75 Å². The fraction of sp³-hybridized carbons (Fsp3) is 0.348. The summed E-state index contributed by atoms with van der Waals surface area (Å²) in [5.74, 6) is -1.42. The van der Waals surface area contributed by atoms with Crippen molar-refractivity contribution in [1.82, 2.24) is 10.6 Å². The molecule has 170 valence electrons. The van der Waals surface area contributed by atoms with E-state index in [2.05, 4.69) is 16.0 Å². The van der Waals surface area contributed by atoms with E-state index in [-0.39, 0.29) is 24.7 Å². The molecule has 1 unspecified atom stereocenters. The maximum atomic E-state index is 14.6. The number of methoxy groups -OCH3 is 1. The van der Waals surface area contributed by atoms with Crippen molar-refractivity contribution in [3.05, 3.63) is 53.8 Å². The summed E-state index contributed by atoms with van der Waals surface area (Å²) in [6.07, 6.45) is 0.0755. The van der Waals surface area contributed by atoms with Gasteiger partial charge in [-0.1, -0.05) is 37.8 Å². The van der Waals surface area contributed by atoms with Gasteiger partial charge in [0.05, 0.1) is 21.1 Å². The Hall–Kier alpha value is -3.20. The van der Waals surface area contributed by atoms with Gasteiger partial charge < -0.3 is 20.7 Å². The molecule has 0 aliphatic carbocycles. The van der Waals surface area contributed by atoms with Gasteiger partial charge in [-0.3, -0.25) is 14.4 Å². The second-order valence-corrected chi connectivity index (χ2v) is 13.9. The van der Waals surface area contributed by atoms with Crippen LogP contribution in [0.3, 0.4) is 0 Å². The van der Waals surface area contributed by atoms with Crippen LogP contribution in [-0.2, 0) is 14.4 Å². The van der Waals surface area contributed by atoms with Crippen molar-refractivity contribution in [3.63, 3.8) is 0 Å². The summed E-state index contributed by atoms with van der Waals surface area (Å²) in [5.41, 5.74) is 0.841. The van der Waals surface area contributed by atoms with Gasteiger partial charge in [0.2, 0.25) is 11.8 Å². The van der Waals surface area contributed by atoms with E-state index in [0.717, 1.165) is 0 Å². The van der Waals surface area contributed by atoms with Crippen LogP contribution in [0.15, 0.2) is 42.5 Å². The lowest BCUT2D eigenvalue weighted by Gasteiger charge is -2.22. The third kappa shape index (κ3) is 5.53. The molecule has 1 fully saturated rings. The summed E-state index contributed by atoms with van der Waals surface area (Å²) in [6, 6.07) is 10.4. The Labute approximate surface area is 187 Å². The van der Waals surface area contributed by atoms with Gasteiger partial charge in [0.15, 0.2) is 0 Å². The molecule has 2 aromatic carbocycles. The second kappa shape index (κ2) is 9.52. The molecule has 1 saturated heterocycles. The summed E-state index contributed by atoms with van der Waals surface area (Å²) in [5, 5.41) is 8.72. The molecule has 0 aromatic heterocycles. The van der Waals surface area contributed by atoms with Crippen LogP contribution in [0.4, 0.5) is 10.1 Å². The third-order valence-corrected chi connectivity index (χ3v) is 7.41. The van der Waals surface area contributed by atoms with Crippen LogP contribution in [0.2, 0.25) is 19.6 Å². The smallest absolute Gasteiger partial charge is 0.251 e. The molecule has 1 aliphatic rings. The molecule has 7 nitrogen and oxygen atoms in total. The number of hydrogen-bond donors (Lipinski definition) is 3. The van der Waals surface area contributed by atoms with Gasteiger partial charge in [-0.05, 0) is 35.0 Å². The van der Waals surface area contributed by atoms with E-state index in [1.165, 1.54) is 13.2 Å². The van der Waals surface area contributed by atoms with Crippen molar-refractivity contribution in [2.45, 2.75) is 32.1 Å². The fourth-order valence-corrected chi connectivity index (χ4v) is 4.93. The molecule has 9 heteroatoms. The number of benzene rings is 2. The first kappa shape index (κ1) is 23.5. The van der Waals surface area contributed by atoms with Gasteiger partial charge in [-0.25, -0.2) is 4.39 Å². The van der Waals surface area contributed by atoms with Crippen LogP contribution in [0.25, 0.3) is 0 Å². The lowest BCUT2D eigenvalue weighted by atomic mass is 10.0. The minimum atomic E-state index is -1.86. The summed E-state index contributed by atoms with van der Waals surface area (Å²) in [7, 11) is -0.325. The van der Waals surface area contributed by atoms with E-state index in [0.29, 0.717) is 22.2 Å². The predicted molar refractivity (Wildman–Crippen MR) is 123 cm³/mol.